The quantitative estimate of drug-likeness (QED) is 0.514. The van der Waals surface area contributed by atoms with Crippen LogP contribution in [0.5, 0.6) is 11.5 Å². The third-order valence-corrected chi connectivity index (χ3v) is 6.09. The number of rotatable bonds is 5. The Morgan fingerprint density at radius 2 is 1.97 bits per heavy atom. The van der Waals surface area contributed by atoms with E-state index >= 15 is 0 Å². The van der Waals surface area contributed by atoms with E-state index in [0.29, 0.717) is 11.5 Å². The zero-order valence-corrected chi connectivity index (χ0v) is 18.4. The van der Waals surface area contributed by atoms with E-state index in [1.807, 2.05) is 42.7 Å². The Hall–Kier alpha value is -3.20. The molecule has 1 aromatic carbocycles. The van der Waals surface area contributed by atoms with Gasteiger partial charge in [-0.3, -0.25) is 14.5 Å². The summed E-state index contributed by atoms with van der Waals surface area (Å²) in [5.74, 6) is 0.284. The first-order valence-corrected chi connectivity index (χ1v) is 10.7. The summed E-state index contributed by atoms with van der Waals surface area (Å²) in [7, 11) is 0. The van der Waals surface area contributed by atoms with Crippen LogP contribution in [-0.2, 0) is 14.3 Å². The summed E-state index contributed by atoms with van der Waals surface area (Å²) in [5.41, 5.74) is 3.58. The van der Waals surface area contributed by atoms with Crippen molar-refractivity contribution in [3.8, 4) is 17.2 Å². The average Bonchev–Trinajstić information content (AvgIpc) is 3.38. The van der Waals surface area contributed by atoms with Gasteiger partial charge >= 0.3 is 5.97 Å². The summed E-state index contributed by atoms with van der Waals surface area (Å²) in [5, 5.41) is -0.485. The van der Waals surface area contributed by atoms with Crippen molar-refractivity contribution in [1.82, 2.24) is 9.47 Å². The first-order chi connectivity index (χ1) is 14.8. The number of thioether (sulfide) groups is 1. The van der Waals surface area contributed by atoms with Crippen molar-refractivity contribution < 1.29 is 28.6 Å². The van der Waals surface area contributed by atoms with E-state index in [4.69, 9.17) is 14.2 Å². The van der Waals surface area contributed by atoms with Gasteiger partial charge in [-0.1, -0.05) is 0 Å². The summed E-state index contributed by atoms with van der Waals surface area (Å²) >= 11 is 0.821. The second-order valence-corrected chi connectivity index (χ2v) is 8.17. The van der Waals surface area contributed by atoms with Crippen LogP contribution in [0.1, 0.15) is 30.8 Å². The van der Waals surface area contributed by atoms with Gasteiger partial charge in [-0.2, -0.15) is 0 Å². The largest absolute Gasteiger partial charge is 0.464 e. The normalized spacial score (nSPS) is 17.5. The molecule has 8 nitrogen and oxygen atoms in total. The lowest BCUT2D eigenvalue weighted by Crippen LogP contribution is -2.42. The number of imide groups is 1. The number of aryl methyl sites for hydroxylation is 1. The van der Waals surface area contributed by atoms with E-state index in [2.05, 4.69) is 0 Å². The Morgan fingerprint density at radius 1 is 1.23 bits per heavy atom. The van der Waals surface area contributed by atoms with Crippen molar-refractivity contribution in [2.75, 3.05) is 13.4 Å². The molecule has 0 aliphatic carbocycles. The van der Waals surface area contributed by atoms with Gasteiger partial charge in [0.2, 0.25) is 6.79 Å². The van der Waals surface area contributed by atoms with Crippen LogP contribution in [0, 0.1) is 13.8 Å². The minimum atomic E-state index is -0.973. The number of ether oxygens (including phenoxy) is 3. The molecule has 0 spiro atoms. The van der Waals surface area contributed by atoms with Crippen LogP contribution in [0.15, 0.2) is 29.2 Å². The molecule has 0 saturated carbocycles. The monoisotopic (exact) mass is 442 g/mol. The second-order valence-electron chi connectivity index (χ2n) is 7.18. The first-order valence-electron chi connectivity index (χ1n) is 9.84. The maximum atomic E-state index is 12.8. The van der Waals surface area contributed by atoms with Crippen LogP contribution in [0.4, 0.5) is 4.79 Å². The Labute approximate surface area is 183 Å². The van der Waals surface area contributed by atoms with Gasteiger partial charge in [0.25, 0.3) is 11.1 Å². The molecule has 0 N–H and O–H groups in total. The third kappa shape index (κ3) is 3.69. The van der Waals surface area contributed by atoms with Gasteiger partial charge in [-0.15, -0.1) is 0 Å². The molecule has 2 aliphatic rings. The number of nitrogens with zero attached hydrogens (tertiary/aromatic N) is 2. The fourth-order valence-electron chi connectivity index (χ4n) is 3.68. The maximum Gasteiger partial charge on any atom is 0.329 e. The molecule has 162 valence electrons. The number of fused-ring (bicyclic) bond motifs is 1. The molecule has 0 radical (unpaired) electrons. The molecule has 31 heavy (non-hydrogen) atoms. The van der Waals surface area contributed by atoms with Crippen molar-refractivity contribution in [3.05, 3.63) is 46.1 Å². The average molecular weight is 442 g/mol. The van der Waals surface area contributed by atoms with Crippen molar-refractivity contribution in [3.63, 3.8) is 0 Å². The molecule has 3 heterocycles. The summed E-state index contributed by atoms with van der Waals surface area (Å²) in [6.45, 7) is 7.45. The molecule has 1 saturated heterocycles. The van der Waals surface area contributed by atoms with Crippen molar-refractivity contribution in [2.45, 2.75) is 33.7 Å². The highest BCUT2D eigenvalue weighted by atomic mass is 32.2. The number of carbonyl (C=O) groups is 3. The SMILES string of the molecule is CCOC(=O)C(C)N1C(=O)S/C(=C/c2cc(C)n(-c3ccc4c(c3)OCO4)c2C)C1=O. The van der Waals surface area contributed by atoms with Crippen LogP contribution in [-0.4, -0.2) is 46.0 Å². The second kappa shape index (κ2) is 8.14. The summed E-state index contributed by atoms with van der Waals surface area (Å²) in [6.07, 6.45) is 1.69. The number of amides is 2. The topological polar surface area (TPSA) is 87.1 Å². The lowest BCUT2D eigenvalue weighted by molar-refractivity contribution is -0.150. The van der Waals surface area contributed by atoms with Crippen LogP contribution in [0.25, 0.3) is 11.8 Å². The highest BCUT2D eigenvalue weighted by Gasteiger charge is 2.41. The number of hydrogen-bond donors (Lipinski definition) is 0. The molecule has 1 fully saturated rings. The Kier molecular flexibility index (Phi) is 5.53. The molecular formula is C22H22N2O6S. The molecule has 4 rings (SSSR count). The maximum absolute atomic E-state index is 12.8. The molecular weight excluding hydrogens is 420 g/mol. The number of aromatic nitrogens is 1. The Balaban J connectivity index is 1.64. The van der Waals surface area contributed by atoms with Crippen LogP contribution in [0.3, 0.4) is 0 Å². The first kappa shape index (κ1) is 21.0. The predicted octanol–water partition coefficient (Wildman–Crippen LogP) is 3.81. The van der Waals surface area contributed by atoms with Gasteiger partial charge in [0.15, 0.2) is 11.5 Å². The van der Waals surface area contributed by atoms with E-state index in [0.717, 1.165) is 39.3 Å². The fourth-order valence-corrected chi connectivity index (χ4v) is 4.58. The molecule has 1 unspecified atom stereocenters. The van der Waals surface area contributed by atoms with Crippen LogP contribution in [0.2, 0.25) is 0 Å². The van der Waals surface area contributed by atoms with Gasteiger partial charge in [-0.25, -0.2) is 4.79 Å². The summed E-state index contributed by atoms with van der Waals surface area (Å²) in [4.78, 5) is 38.5. The van der Waals surface area contributed by atoms with Gasteiger partial charge in [-0.05, 0) is 69.3 Å². The molecule has 0 bridgehead atoms. The van der Waals surface area contributed by atoms with Gasteiger partial charge in [0.05, 0.1) is 11.5 Å². The van der Waals surface area contributed by atoms with Crippen molar-refractivity contribution in [1.29, 1.82) is 0 Å². The summed E-state index contributed by atoms with van der Waals surface area (Å²) in [6, 6.07) is 6.67. The van der Waals surface area contributed by atoms with E-state index < -0.39 is 23.2 Å². The highest BCUT2D eigenvalue weighted by molar-refractivity contribution is 8.18. The molecule has 9 heteroatoms. The Morgan fingerprint density at radius 3 is 2.71 bits per heavy atom. The number of esters is 1. The molecule has 2 amide bonds. The van der Waals surface area contributed by atoms with E-state index in [1.54, 1.807) is 13.0 Å². The molecule has 2 aliphatic heterocycles. The smallest absolute Gasteiger partial charge is 0.329 e. The predicted molar refractivity (Wildman–Crippen MR) is 115 cm³/mol. The number of benzene rings is 1. The minimum absolute atomic E-state index is 0.182. The van der Waals surface area contributed by atoms with E-state index in [9.17, 15) is 14.4 Å². The minimum Gasteiger partial charge on any atom is -0.464 e. The zero-order chi connectivity index (χ0) is 22.3. The Bertz CT molecular complexity index is 1120. The lowest BCUT2D eigenvalue weighted by atomic mass is 10.2. The van der Waals surface area contributed by atoms with Crippen molar-refractivity contribution in [2.24, 2.45) is 0 Å². The molecule has 1 atom stereocenters. The van der Waals surface area contributed by atoms with Crippen LogP contribution >= 0.6 is 11.8 Å². The number of hydrogen-bond acceptors (Lipinski definition) is 7. The van der Waals surface area contributed by atoms with Crippen LogP contribution < -0.4 is 9.47 Å². The highest BCUT2D eigenvalue weighted by Crippen LogP contribution is 2.37. The molecule has 2 aromatic rings. The lowest BCUT2D eigenvalue weighted by Gasteiger charge is -2.19. The van der Waals surface area contributed by atoms with E-state index in [1.165, 1.54) is 6.92 Å². The van der Waals surface area contributed by atoms with Gasteiger partial charge in [0.1, 0.15) is 6.04 Å². The van der Waals surface area contributed by atoms with Gasteiger partial charge in [0, 0.05) is 23.1 Å². The molecule has 1 aromatic heterocycles. The third-order valence-electron chi connectivity index (χ3n) is 5.21. The van der Waals surface area contributed by atoms with E-state index in [-0.39, 0.29) is 18.3 Å². The zero-order valence-electron chi connectivity index (χ0n) is 17.6. The number of carbonyl (C=O) groups excluding carboxylic acids is 3. The fraction of sp³-hybridized carbons (Fsp3) is 0.318. The van der Waals surface area contributed by atoms with Gasteiger partial charge < -0.3 is 18.8 Å². The summed E-state index contributed by atoms with van der Waals surface area (Å²) < 4.78 is 17.8. The van der Waals surface area contributed by atoms with Crippen molar-refractivity contribution >= 4 is 35.0 Å². The standard InChI is InChI=1S/C22H22N2O6S/c1-5-28-21(26)14(4)24-20(25)19(31-22(24)27)9-15-8-12(2)23(13(15)3)16-6-7-17-18(10-16)30-11-29-17/h6-10,14H,5,11H2,1-4H3/b19-9+.